The Bertz CT molecular complexity index is 606. The first-order valence-corrected chi connectivity index (χ1v) is 9.53. The summed E-state index contributed by atoms with van der Waals surface area (Å²) in [5, 5.41) is 3.54. The smallest absolute Gasteiger partial charge is 0.117 e. The summed E-state index contributed by atoms with van der Waals surface area (Å²) in [6.45, 7) is 7.19. The highest BCUT2D eigenvalue weighted by atomic mass is 16.5. The Morgan fingerprint density at radius 1 is 1.16 bits per heavy atom. The van der Waals surface area contributed by atoms with Crippen molar-refractivity contribution in [3.05, 3.63) is 60.1 Å². The van der Waals surface area contributed by atoms with Gasteiger partial charge in [-0.25, -0.2) is 0 Å². The second kappa shape index (κ2) is 8.68. The largest absolute Gasteiger partial charge is 0.468 e. The molecule has 0 spiro atoms. The Labute approximate surface area is 151 Å². The van der Waals surface area contributed by atoms with Gasteiger partial charge in [-0.2, -0.15) is 0 Å². The first-order valence-electron chi connectivity index (χ1n) is 9.53. The van der Waals surface area contributed by atoms with E-state index in [0.29, 0.717) is 5.92 Å². The van der Waals surface area contributed by atoms with Crippen molar-refractivity contribution >= 4 is 0 Å². The van der Waals surface area contributed by atoms with Gasteiger partial charge in [-0.15, -0.1) is 0 Å². The van der Waals surface area contributed by atoms with Gasteiger partial charge in [-0.3, -0.25) is 0 Å². The molecular weight excluding hydrogens is 310 g/mol. The Balaban J connectivity index is 1.57. The quantitative estimate of drug-likeness (QED) is 0.699. The third-order valence-electron chi connectivity index (χ3n) is 5.31. The van der Waals surface area contributed by atoms with Gasteiger partial charge >= 0.3 is 0 Å². The highest BCUT2D eigenvalue weighted by molar-refractivity contribution is 5.15. The van der Waals surface area contributed by atoms with Gasteiger partial charge in [0.15, 0.2) is 0 Å². The van der Waals surface area contributed by atoms with Gasteiger partial charge in [-0.1, -0.05) is 30.3 Å². The molecule has 1 aromatic heterocycles. The predicted molar refractivity (Wildman–Crippen MR) is 101 cm³/mol. The summed E-state index contributed by atoms with van der Waals surface area (Å²) in [5.41, 5.74) is 1.46. The predicted octanol–water partition coefficient (Wildman–Crippen LogP) is 4.82. The highest BCUT2D eigenvalue weighted by Gasteiger charge is 2.33. The molecule has 1 fully saturated rings. The summed E-state index contributed by atoms with van der Waals surface area (Å²) >= 11 is 0. The van der Waals surface area contributed by atoms with Crippen LogP contribution in [0, 0.1) is 11.8 Å². The van der Waals surface area contributed by atoms with E-state index >= 15 is 0 Å². The van der Waals surface area contributed by atoms with Gasteiger partial charge < -0.3 is 14.5 Å². The molecule has 1 saturated heterocycles. The standard InChI is InChI=1S/C22H31NO2/c1-22(2)16-20(11-14-25-22)19(15-18-7-4-3-5-8-18)10-12-23-17-21-9-6-13-24-21/h3-9,13,19-20,23H,10-12,14-17H2,1-2H3/t19-,20-/m0/s1. The number of nitrogens with one attached hydrogen (secondary N) is 1. The molecule has 3 rings (SSSR count). The van der Waals surface area contributed by atoms with Crippen molar-refractivity contribution < 1.29 is 9.15 Å². The lowest BCUT2D eigenvalue weighted by atomic mass is 9.76. The van der Waals surface area contributed by atoms with E-state index in [-0.39, 0.29) is 5.60 Å². The van der Waals surface area contributed by atoms with Crippen LogP contribution >= 0.6 is 0 Å². The molecule has 0 unspecified atom stereocenters. The Kier molecular flexibility index (Phi) is 6.33. The van der Waals surface area contributed by atoms with Gasteiger partial charge in [0.2, 0.25) is 0 Å². The van der Waals surface area contributed by atoms with Crippen molar-refractivity contribution in [2.75, 3.05) is 13.2 Å². The van der Waals surface area contributed by atoms with E-state index in [2.05, 4.69) is 49.5 Å². The van der Waals surface area contributed by atoms with Crippen LogP contribution in [0.1, 0.15) is 44.4 Å². The van der Waals surface area contributed by atoms with Crippen molar-refractivity contribution in [1.82, 2.24) is 5.32 Å². The van der Waals surface area contributed by atoms with E-state index in [4.69, 9.17) is 9.15 Å². The molecule has 0 bridgehead atoms. The lowest BCUT2D eigenvalue weighted by molar-refractivity contribution is -0.0830. The van der Waals surface area contributed by atoms with E-state index in [0.717, 1.165) is 44.2 Å². The van der Waals surface area contributed by atoms with Crippen LogP contribution in [-0.4, -0.2) is 18.8 Å². The van der Waals surface area contributed by atoms with Crippen LogP contribution in [-0.2, 0) is 17.7 Å². The van der Waals surface area contributed by atoms with Crippen LogP contribution < -0.4 is 5.32 Å². The average Bonchev–Trinajstić information content (AvgIpc) is 3.11. The zero-order chi connectivity index (χ0) is 17.5. The van der Waals surface area contributed by atoms with E-state index < -0.39 is 0 Å². The fourth-order valence-corrected chi connectivity index (χ4v) is 4.01. The summed E-state index contributed by atoms with van der Waals surface area (Å²) in [4.78, 5) is 0. The van der Waals surface area contributed by atoms with Gasteiger partial charge in [0.25, 0.3) is 0 Å². The second-order valence-electron chi connectivity index (χ2n) is 7.86. The average molecular weight is 341 g/mol. The van der Waals surface area contributed by atoms with Crippen LogP contribution in [0.15, 0.2) is 53.1 Å². The third kappa shape index (κ3) is 5.72. The van der Waals surface area contributed by atoms with Crippen LogP contribution in [0.3, 0.4) is 0 Å². The molecule has 1 aliphatic heterocycles. The summed E-state index contributed by atoms with van der Waals surface area (Å²) in [5.74, 6) is 2.43. The molecule has 3 heteroatoms. The maximum absolute atomic E-state index is 5.94. The zero-order valence-corrected chi connectivity index (χ0v) is 15.5. The summed E-state index contributed by atoms with van der Waals surface area (Å²) in [7, 11) is 0. The van der Waals surface area contributed by atoms with E-state index in [9.17, 15) is 0 Å². The van der Waals surface area contributed by atoms with Gasteiger partial charge in [0.1, 0.15) is 5.76 Å². The summed E-state index contributed by atoms with van der Waals surface area (Å²) in [6.07, 6.45) is 6.42. The monoisotopic (exact) mass is 341 g/mol. The molecule has 2 aromatic rings. The Morgan fingerprint density at radius 2 is 2.00 bits per heavy atom. The fourth-order valence-electron chi connectivity index (χ4n) is 4.01. The SMILES string of the molecule is CC1(C)C[C@@H]([C@@H](CCNCc2ccco2)Cc2ccccc2)CCO1. The van der Waals surface area contributed by atoms with Crippen molar-refractivity contribution in [1.29, 1.82) is 0 Å². The van der Waals surface area contributed by atoms with Crippen LogP contribution in [0.25, 0.3) is 0 Å². The van der Waals surface area contributed by atoms with Crippen molar-refractivity contribution in [2.24, 2.45) is 11.8 Å². The van der Waals surface area contributed by atoms with Gasteiger partial charge in [-0.05, 0) is 75.6 Å². The number of rotatable bonds is 8. The minimum absolute atomic E-state index is 0.0133. The molecule has 2 heterocycles. The third-order valence-corrected chi connectivity index (χ3v) is 5.31. The Morgan fingerprint density at radius 3 is 2.72 bits per heavy atom. The van der Waals surface area contributed by atoms with E-state index in [1.165, 1.54) is 18.4 Å². The van der Waals surface area contributed by atoms with E-state index in [1.807, 2.05) is 12.1 Å². The molecular formula is C22H31NO2. The lowest BCUT2D eigenvalue weighted by Gasteiger charge is -2.39. The molecule has 3 nitrogen and oxygen atoms in total. The van der Waals surface area contributed by atoms with Crippen molar-refractivity contribution in [3.8, 4) is 0 Å². The summed E-state index contributed by atoms with van der Waals surface area (Å²) < 4.78 is 11.3. The first kappa shape index (κ1) is 18.2. The molecule has 1 aromatic carbocycles. The van der Waals surface area contributed by atoms with Gasteiger partial charge in [0, 0.05) is 6.61 Å². The minimum atomic E-state index is 0.0133. The summed E-state index contributed by atoms with van der Waals surface area (Å²) in [6, 6.07) is 14.9. The molecule has 0 amide bonds. The minimum Gasteiger partial charge on any atom is -0.468 e. The number of furan rings is 1. The lowest BCUT2D eigenvalue weighted by Crippen LogP contribution is -2.38. The van der Waals surface area contributed by atoms with Crippen molar-refractivity contribution in [2.45, 2.75) is 51.7 Å². The number of ether oxygens (including phenoxy) is 1. The molecule has 1 N–H and O–H groups in total. The normalized spacial score (nSPS) is 21.1. The Hall–Kier alpha value is -1.58. The van der Waals surface area contributed by atoms with Crippen LogP contribution in [0.5, 0.6) is 0 Å². The molecule has 0 aliphatic carbocycles. The molecule has 2 atom stereocenters. The molecule has 136 valence electrons. The molecule has 0 saturated carbocycles. The maximum atomic E-state index is 5.94. The second-order valence-corrected chi connectivity index (χ2v) is 7.86. The van der Waals surface area contributed by atoms with Crippen LogP contribution in [0.4, 0.5) is 0 Å². The molecule has 25 heavy (non-hydrogen) atoms. The first-order chi connectivity index (χ1) is 12.1. The molecule has 1 aliphatic rings. The van der Waals surface area contributed by atoms with E-state index in [1.54, 1.807) is 6.26 Å². The number of benzene rings is 1. The number of hydrogen-bond donors (Lipinski definition) is 1. The number of hydrogen-bond acceptors (Lipinski definition) is 3. The maximum Gasteiger partial charge on any atom is 0.117 e. The van der Waals surface area contributed by atoms with Gasteiger partial charge in [0.05, 0.1) is 18.4 Å². The fraction of sp³-hybridized carbons (Fsp3) is 0.545. The van der Waals surface area contributed by atoms with Crippen molar-refractivity contribution in [3.63, 3.8) is 0 Å². The molecule has 0 radical (unpaired) electrons. The topological polar surface area (TPSA) is 34.4 Å². The highest BCUT2D eigenvalue weighted by Crippen LogP contribution is 2.36. The van der Waals surface area contributed by atoms with Crippen LogP contribution in [0.2, 0.25) is 0 Å². The zero-order valence-electron chi connectivity index (χ0n) is 15.5.